The maximum Gasteiger partial charge on any atom is 0.472 e. The maximum atomic E-state index is 13.0. The molecule has 8 atom stereocenters. The minimum absolute atomic E-state index is 0.101. The van der Waals surface area contributed by atoms with Crippen molar-refractivity contribution in [1.82, 2.24) is 0 Å². The van der Waals surface area contributed by atoms with Crippen LogP contribution in [0.5, 0.6) is 0 Å². The van der Waals surface area contributed by atoms with Crippen LogP contribution in [-0.2, 0) is 65.4 Å². The first-order chi connectivity index (χ1) is 43.7. The van der Waals surface area contributed by atoms with E-state index in [9.17, 15) is 43.2 Å². The number of phosphoric ester groups is 2. The zero-order valence-electron chi connectivity index (χ0n) is 59.5. The maximum absolute atomic E-state index is 13.0. The van der Waals surface area contributed by atoms with E-state index in [2.05, 4.69) is 55.4 Å². The molecule has 17 nitrogen and oxygen atoms in total. The van der Waals surface area contributed by atoms with Crippen molar-refractivity contribution in [3.05, 3.63) is 0 Å². The molecule has 0 aliphatic heterocycles. The molecule has 5 unspecified atom stereocenters. The Hall–Kier alpha value is -1.94. The van der Waals surface area contributed by atoms with E-state index in [0.29, 0.717) is 31.6 Å². The highest BCUT2D eigenvalue weighted by molar-refractivity contribution is 7.47. The largest absolute Gasteiger partial charge is 0.472 e. The molecule has 0 aromatic rings. The van der Waals surface area contributed by atoms with Gasteiger partial charge in [-0.2, -0.15) is 0 Å². The number of phosphoric acid groups is 2. The number of hydrogen-bond donors (Lipinski definition) is 3. The third-order valence-electron chi connectivity index (χ3n) is 17.7. The molecule has 0 fully saturated rings. The van der Waals surface area contributed by atoms with Gasteiger partial charge in [-0.15, -0.1) is 0 Å². The number of hydrogen-bond acceptors (Lipinski definition) is 15. The van der Waals surface area contributed by atoms with E-state index in [1.54, 1.807) is 0 Å². The van der Waals surface area contributed by atoms with Gasteiger partial charge in [0.05, 0.1) is 26.4 Å². The molecule has 0 radical (unpaired) electrons. The predicted octanol–water partition coefficient (Wildman–Crippen LogP) is 20.5. The Morgan fingerprint density at radius 1 is 0.308 bits per heavy atom. The van der Waals surface area contributed by atoms with Gasteiger partial charge >= 0.3 is 39.5 Å². The second-order valence-electron chi connectivity index (χ2n) is 27.2. The average Bonchev–Trinajstić information content (AvgIpc) is 3.55. The van der Waals surface area contributed by atoms with Crippen LogP contribution in [-0.4, -0.2) is 96.7 Å². The summed E-state index contributed by atoms with van der Waals surface area (Å²) in [5, 5.41) is 10.6. The Morgan fingerprint density at radius 3 is 0.780 bits per heavy atom. The van der Waals surface area contributed by atoms with E-state index in [1.807, 2.05) is 0 Å². The highest BCUT2D eigenvalue weighted by atomic mass is 31.2. The fraction of sp³-hybridized carbons (Fsp3) is 0.944. The molecule has 0 spiro atoms. The van der Waals surface area contributed by atoms with Gasteiger partial charge in [-0.25, -0.2) is 9.13 Å². The molecule has 0 saturated carbocycles. The number of esters is 4. The Morgan fingerprint density at radius 2 is 0.527 bits per heavy atom. The van der Waals surface area contributed by atoms with E-state index in [4.69, 9.17) is 37.0 Å². The Labute approximate surface area is 556 Å². The summed E-state index contributed by atoms with van der Waals surface area (Å²) >= 11 is 0. The summed E-state index contributed by atoms with van der Waals surface area (Å²) in [5.74, 6) is 0.921. The molecule has 0 aromatic heterocycles. The number of carbonyl (C=O) groups excluding carboxylic acids is 4. The molecule has 0 bridgehead atoms. The number of rotatable bonds is 69. The smallest absolute Gasteiger partial charge is 0.462 e. The molecular weight excluding hydrogens is 1200 g/mol. The topological polar surface area (TPSA) is 237 Å². The summed E-state index contributed by atoms with van der Waals surface area (Å²) in [7, 11) is -9.90. The van der Waals surface area contributed by atoms with Gasteiger partial charge in [-0.1, -0.05) is 306 Å². The lowest BCUT2D eigenvalue weighted by atomic mass is 9.99. The summed E-state index contributed by atoms with van der Waals surface area (Å²) in [6.07, 6.45) is 44.5. The second kappa shape index (κ2) is 61.6. The Balaban J connectivity index is 5.22. The van der Waals surface area contributed by atoms with E-state index in [1.165, 1.54) is 154 Å². The van der Waals surface area contributed by atoms with Gasteiger partial charge in [0, 0.05) is 25.7 Å². The minimum atomic E-state index is -4.95. The van der Waals surface area contributed by atoms with Crippen molar-refractivity contribution in [3.8, 4) is 0 Å². The van der Waals surface area contributed by atoms with Crippen LogP contribution >= 0.6 is 15.6 Å². The van der Waals surface area contributed by atoms with Gasteiger partial charge in [0.2, 0.25) is 0 Å². The molecule has 0 aliphatic carbocycles. The molecule has 0 amide bonds. The lowest BCUT2D eigenvalue weighted by Gasteiger charge is -2.21. The van der Waals surface area contributed by atoms with Crippen LogP contribution in [0.4, 0.5) is 0 Å². The normalized spacial score (nSPS) is 15.1. The summed E-state index contributed by atoms with van der Waals surface area (Å²) < 4.78 is 68.3. The quantitative estimate of drug-likeness (QED) is 0.0222. The standard InChI is InChI=1S/C72H140O17P2/c1-9-63(6)49-41-33-24-20-16-14-12-13-15-17-22-26-36-44-52-69(74)82-58-67(88-71(76)54-46-38-27-23-19-18-21-25-34-42-50-64(7)10-2)60-86-90(78,79)84-56-66(73)57-85-91(80,81)87-61-68(59-83-70(75)53-45-37-30-28-32-40-48-62(4)5)89-72(77)55-47-39-31-29-35-43-51-65(8)11-3/h62-68,73H,9-61H2,1-8H3,(H,78,79)(H,80,81)/t63?,64?,65?,66-,67-,68-/m1/s1. The number of ether oxygens (including phenoxy) is 4. The van der Waals surface area contributed by atoms with Gasteiger partial charge in [0.15, 0.2) is 12.2 Å². The van der Waals surface area contributed by atoms with Crippen LogP contribution in [0.2, 0.25) is 0 Å². The zero-order chi connectivity index (χ0) is 67.5. The van der Waals surface area contributed by atoms with Crippen LogP contribution in [0, 0.1) is 23.7 Å². The van der Waals surface area contributed by atoms with Crippen molar-refractivity contribution in [1.29, 1.82) is 0 Å². The average molecular weight is 1340 g/mol. The zero-order valence-corrected chi connectivity index (χ0v) is 61.3. The summed E-state index contributed by atoms with van der Waals surface area (Å²) in [6.45, 7) is 14.1. The van der Waals surface area contributed by atoms with Crippen LogP contribution in [0.25, 0.3) is 0 Å². The molecule has 91 heavy (non-hydrogen) atoms. The van der Waals surface area contributed by atoms with Gasteiger partial charge in [-0.3, -0.25) is 37.3 Å². The van der Waals surface area contributed by atoms with Crippen molar-refractivity contribution in [2.45, 2.75) is 375 Å². The first-order valence-electron chi connectivity index (χ1n) is 37.3. The summed E-state index contributed by atoms with van der Waals surface area (Å²) in [6, 6.07) is 0. The first kappa shape index (κ1) is 89.1. The van der Waals surface area contributed by atoms with Gasteiger partial charge in [-0.05, 0) is 49.4 Å². The number of aliphatic hydroxyl groups is 1. The molecule has 0 rings (SSSR count). The van der Waals surface area contributed by atoms with Gasteiger partial charge in [0.25, 0.3) is 0 Å². The number of carbonyl (C=O) groups is 4. The minimum Gasteiger partial charge on any atom is -0.462 e. The van der Waals surface area contributed by atoms with Crippen LogP contribution in [0.15, 0.2) is 0 Å². The summed E-state index contributed by atoms with van der Waals surface area (Å²) in [4.78, 5) is 72.6. The number of unbranched alkanes of at least 4 members (excludes halogenated alkanes) is 32. The van der Waals surface area contributed by atoms with Gasteiger partial charge < -0.3 is 33.8 Å². The Kier molecular flexibility index (Phi) is 60.3. The third-order valence-corrected chi connectivity index (χ3v) is 19.6. The van der Waals surface area contributed by atoms with Crippen LogP contribution in [0.3, 0.4) is 0 Å². The highest BCUT2D eigenvalue weighted by Gasteiger charge is 2.30. The molecule has 0 aromatic carbocycles. The van der Waals surface area contributed by atoms with Crippen LogP contribution < -0.4 is 0 Å². The molecule has 0 saturated heterocycles. The molecular formula is C72H140O17P2. The molecule has 19 heteroatoms. The summed E-state index contributed by atoms with van der Waals surface area (Å²) in [5.41, 5.74) is 0. The van der Waals surface area contributed by atoms with Crippen molar-refractivity contribution < 1.29 is 80.2 Å². The van der Waals surface area contributed by atoms with E-state index < -0.39 is 97.5 Å². The van der Waals surface area contributed by atoms with E-state index in [0.717, 1.165) is 114 Å². The van der Waals surface area contributed by atoms with E-state index >= 15 is 0 Å². The Bertz CT molecular complexity index is 1800. The fourth-order valence-corrected chi connectivity index (χ4v) is 12.3. The molecule has 540 valence electrons. The predicted molar refractivity (Wildman–Crippen MR) is 367 cm³/mol. The van der Waals surface area contributed by atoms with Crippen molar-refractivity contribution in [2.75, 3.05) is 39.6 Å². The monoisotopic (exact) mass is 1340 g/mol. The molecule has 0 aliphatic rings. The first-order valence-corrected chi connectivity index (χ1v) is 40.3. The van der Waals surface area contributed by atoms with Crippen molar-refractivity contribution in [2.24, 2.45) is 23.7 Å². The van der Waals surface area contributed by atoms with Crippen molar-refractivity contribution >= 4 is 39.5 Å². The molecule has 0 heterocycles. The third kappa shape index (κ3) is 62.6. The van der Waals surface area contributed by atoms with Gasteiger partial charge in [0.1, 0.15) is 19.3 Å². The van der Waals surface area contributed by atoms with Crippen molar-refractivity contribution in [3.63, 3.8) is 0 Å². The lowest BCUT2D eigenvalue weighted by Crippen LogP contribution is -2.30. The second-order valence-corrected chi connectivity index (χ2v) is 30.1. The number of aliphatic hydroxyl groups excluding tert-OH is 1. The fourth-order valence-electron chi connectivity index (χ4n) is 10.7. The molecule has 3 N–H and O–H groups in total. The van der Waals surface area contributed by atoms with E-state index in [-0.39, 0.29) is 25.7 Å². The lowest BCUT2D eigenvalue weighted by molar-refractivity contribution is -0.161. The van der Waals surface area contributed by atoms with Crippen LogP contribution in [0.1, 0.15) is 357 Å². The highest BCUT2D eigenvalue weighted by Crippen LogP contribution is 2.45. The SMILES string of the molecule is CCC(C)CCCCCCCCCCCCCCCCC(=O)OC[C@H](COP(=O)(O)OC[C@@H](O)COP(=O)(O)OC[C@@H](COC(=O)CCCCCCCCC(C)C)OC(=O)CCCCCCCCC(C)CC)OC(=O)CCCCCCCCCCCCC(C)CC.